The van der Waals surface area contributed by atoms with Gasteiger partial charge in [-0.05, 0) is 53.4 Å². The summed E-state index contributed by atoms with van der Waals surface area (Å²) in [5.74, 6) is -0.788. The average molecular weight is 479 g/mol. The van der Waals surface area contributed by atoms with Crippen LogP contribution in [0, 0.1) is 17.8 Å². The molecule has 1 saturated carbocycles. The SMILES string of the molecule is CC(C)CC(CNC(=O)C1CC(NC(=O)OCC2c3ccccc3-c3ccccc32)C1)CC(=O)O. The van der Waals surface area contributed by atoms with Gasteiger partial charge in [0.2, 0.25) is 5.91 Å². The second kappa shape index (κ2) is 10.9. The van der Waals surface area contributed by atoms with Crippen LogP contribution in [0.15, 0.2) is 48.5 Å². The van der Waals surface area contributed by atoms with Gasteiger partial charge in [-0.15, -0.1) is 0 Å². The Morgan fingerprint density at radius 3 is 2.17 bits per heavy atom. The number of nitrogens with one attached hydrogen (secondary N) is 2. The minimum atomic E-state index is -0.846. The molecule has 0 spiro atoms. The summed E-state index contributed by atoms with van der Waals surface area (Å²) in [6.45, 7) is 4.71. The van der Waals surface area contributed by atoms with E-state index >= 15 is 0 Å². The fourth-order valence-corrected chi connectivity index (χ4v) is 5.30. The fraction of sp³-hybridized carbons (Fsp3) is 0.464. The molecular weight excluding hydrogens is 444 g/mol. The van der Waals surface area contributed by atoms with E-state index in [0.717, 1.165) is 6.42 Å². The lowest BCUT2D eigenvalue weighted by molar-refractivity contribution is -0.138. The summed E-state index contributed by atoms with van der Waals surface area (Å²) in [7, 11) is 0. The molecule has 7 nitrogen and oxygen atoms in total. The van der Waals surface area contributed by atoms with Gasteiger partial charge in [0.1, 0.15) is 6.61 Å². The number of benzene rings is 2. The molecule has 0 saturated heterocycles. The lowest BCUT2D eigenvalue weighted by Crippen LogP contribution is -2.50. The van der Waals surface area contributed by atoms with Crippen molar-refractivity contribution in [3.05, 3.63) is 59.7 Å². The topological polar surface area (TPSA) is 105 Å². The number of carboxylic acid groups (broad SMARTS) is 1. The third-order valence-corrected chi connectivity index (χ3v) is 7.01. The van der Waals surface area contributed by atoms with Crippen LogP contribution in [0.4, 0.5) is 4.79 Å². The third-order valence-electron chi connectivity index (χ3n) is 7.01. The zero-order valence-corrected chi connectivity index (χ0v) is 20.3. The summed E-state index contributed by atoms with van der Waals surface area (Å²) in [6, 6.07) is 16.3. The van der Waals surface area contributed by atoms with Crippen LogP contribution in [-0.4, -0.2) is 42.3 Å². The molecule has 0 heterocycles. The van der Waals surface area contributed by atoms with E-state index in [2.05, 4.69) is 34.9 Å². The predicted octanol–water partition coefficient (Wildman–Crippen LogP) is 4.56. The summed E-state index contributed by atoms with van der Waals surface area (Å²) in [4.78, 5) is 36.0. The zero-order chi connectivity index (χ0) is 24.9. The van der Waals surface area contributed by atoms with Gasteiger partial charge in [-0.3, -0.25) is 9.59 Å². The largest absolute Gasteiger partial charge is 0.481 e. The van der Waals surface area contributed by atoms with E-state index in [-0.39, 0.29) is 42.7 Å². The monoisotopic (exact) mass is 478 g/mol. The summed E-state index contributed by atoms with van der Waals surface area (Å²) in [6.07, 6.45) is 1.46. The number of hydrogen-bond acceptors (Lipinski definition) is 4. The second-order valence-corrected chi connectivity index (χ2v) is 10.2. The molecule has 7 heteroatoms. The Labute approximate surface area is 206 Å². The van der Waals surface area contributed by atoms with Crippen LogP contribution in [0.3, 0.4) is 0 Å². The lowest BCUT2D eigenvalue weighted by atomic mass is 9.79. The molecule has 186 valence electrons. The number of carbonyl (C=O) groups is 3. The van der Waals surface area contributed by atoms with Gasteiger partial charge < -0.3 is 20.5 Å². The maximum absolute atomic E-state index is 12.5. The molecule has 0 aromatic heterocycles. The van der Waals surface area contributed by atoms with Crippen molar-refractivity contribution in [3.8, 4) is 11.1 Å². The standard InChI is InChI=1S/C28H34N2O5/c1-17(2)11-18(12-26(31)32)15-29-27(33)19-13-20(14-19)30-28(34)35-16-25-23-9-5-3-7-21(23)22-8-4-6-10-24(22)25/h3-10,17-20,25H,11-16H2,1-2H3,(H,29,33)(H,30,34)(H,31,32). The molecule has 2 aliphatic carbocycles. The molecule has 1 fully saturated rings. The van der Waals surface area contributed by atoms with Crippen molar-refractivity contribution in [1.82, 2.24) is 10.6 Å². The van der Waals surface area contributed by atoms with Crippen molar-refractivity contribution in [2.24, 2.45) is 17.8 Å². The molecule has 0 bridgehead atoms. The van der Waals surface area contributed by atoms with Crippen LogP contribution >= 0.6 is 0 Å². The number of rotatable bonds is 10. The smallest absolute Gasteiger partial charge is 0.407 e. The molecule has 0 aliphatic heterocycles. The molecule has 35 heavy (non-hydrogen) atoms. The normalized spacial score (nSPS) is 19.3. The quantitative estimate of drug-likeness (QED) is 0.464. The van der Waals surface area contributed by atoms with Gasteiger partial charge in [0, 0.05) is 30.8 Å². The van der Waals surface area contributed by atoms with E-state index < -0.39 is 12.1 Å². The summed E-state index contributed by atoms with van der Waals surface area (Å²) in [5, 5.41) is 14.9. The summed E-state index contributed by atoms with van der Waals surface area (Å²) in [5.41, 5.74) is 4.70. The van der Waals surface area contributed by atoms with Gasteiger partial charge in [-0.2, -0.15) is 0 Å². The number of aliphatic carboxylic acids is 1. The molecule has 3 N–H and O–H groups in total. The minimum absolute atomic E-state index is 0.0117. The number of carboxylic acids is 1. The molecule has 2 aliphatic rings. The summed E-state index contributed by atoms with van der Waals surface area (Å²) < 4.78 is 5.59. The second-order valence-electron chi connectivity index (χ2n) is 10.2. The van der Waals surface area contributed by atoms with Crippen molar-refractivity contribution in [3.63, 3.8) is 0 Å². The first-order chi connectivity index (χ1) is 16.8. The maximum Gasteiger partial charge on any atom is 0.407 e. The Morgan fingerprint density at radius 1 is 1.00 bits per heavy atom. The first-order valence-corrected chi connectivity index (χ1v) is 12.4. The van der Waals surface area contributed by atoms with E-state index in [1.807, 2.05) is 38.1 Å². The van der Waals surface area contributed by atoms with Crippen LogP contribution in [0.25, 0.3) is 11.1 Å². The highest BCUT2D eigenvalue weighted by molar-refractivity contribution is 5.81. The molecule has 2 aromatic carbocycles. The van der Waals surface area contributed by atoms with Crippen molar-refractivity contribution >= 4 is 18.0 Å². The Morgan fingerprint density at radius 2 is 1.60 bits per heavy atom. The highest BCUT2D eigenvalue weighted by atomic mass is 16.5. The number of amides is 2. The first kappa shape index (κ1) is 24.8. The highest BCUT2D eigenvalue weighted by Crippen LogP contribution is 2.44. The van der Waals surface area contributed by atoms with Crippen molar-refractivity contribution < 1.29 is 24.2 Å². The van der Waals surface area contributed by atoms with Crippen LogP contribution in [-0.2, 0) is 14.3 Å². The van der Waals surface area contributed by atoms with Crippen LogP contribution in [0.2, 0.25) is 0 Å². The molecule has 2 aromatic rings. The number of hydrogen-bond donors (Lipinski definition) is 3. The third kappa shape index (κ3) is 6.02. The van der Waals surface area contributed by atoms with Crippen molar-refractivity contribution in [2.75, 3.05) is 13.2 Å². The highest BCUT2D eigenvalue weighted by Gasteiger charge is 2.36. The molecule has 4 rings (SSSR count). The van der Waals surface area contributed by atoms with Crippen LogP contribution in [0.1, 0.15) is 56.6 Å². The Bertz CT molecular complexity index is 1030. The van der Waals surface area contributed by atoms with Gasteiger partial charge in [0.25, 0.3) is 0 Å². The van der Waals surface area contributed by atoms with Gasteiger partial charge in [0.05, 0.1) is 0 Å². The Kier molecular flexibility index (Phi) is 7.73. The van der Waals surface area contributed by atoms with E-state index in [1.54, 1.807) is 0 Å². The summed E-state index contributed by atoms with van der Waals surface area (Å²) >= 11 is 0. The van der Waals surface area contributed by atoms with Gasteiger partial charge in [-0.1, -0.05) is 62.4 Å². The molecule has 1 atom stereocenters. The van der Waals surface area contributed by atoms with E-state index in [0.29, 0.717) is 25.3 Å². The van der Waals surface area contributed by atoms with Crippen molar-refractivity contribution in [1.29, 1.82) is 0 Å². The molecule has 0 radical (unpaired) electrons. The molecule has 1 unspecified atom stereocenters. The molecule has 2 amide bonds. The van der Waals surface area contributed by atoms with Crippen LogP contribution in [0.5, 0.6) is 0 Å². The first-order valence-electron chi connectivity index (χ1n) is 12.4. The van der Waals surface area contributed by atoms with Crippen LogP contribution < -0.4 is 10.6 Å². The number of fused-ring (bicyclic) bond motifs is 3. The fourth-order valence-electron chi connectivity index (χ4n) is 5.30. The lowest BCUT2D eigenvalue weighted by Gasteiger charge is -2.34. The maximum atomic E-state index is 12.5. The number of ether oxygens (including phenoxy) is 1. The zero-order valence-electron chi connectivity index (χ0n) is 20.3. The van der Waals surface area contributed by atoms with Crippen molar-refractivity contribution in [2.45, 2.75) is 51.5 Å². The van der Waals surface area contributed by atoms with E-state index in [9.17, 15) is 14.4 Å². The molecular formula is C28H34N2O5. The number of carbonyl (C=O) groups excluding carboxylic acids is 2. The van der Waals surface area contributed by atoms with Gasteiger partial charge in [-0.25, -0.2) is 4.79 Å². The Hall–Kier alpha value is -3.35. The van der Waals surface area contributed by atoms with E-state index in [4.69, 9.17) is 9.84 Å². The predicted molar refractivity (Wildman–Crippen MR) is 133 cm³/mol. The van der Waals surface area contributed by atoms with Gasteiger partial charge >= 0.3 is 12.1 Å². The van der Waals surface area contributed by atoms with Gasteiger partial charge in [0.15, 0.2) is 0 Å². The van der Waals surface area contributed by atoms with E-state index in [1.165, 1.54) is 22.3 Å². The Balaban J connectivity index is 1.21. The number of alkyl carbamates (subject to hydrolysis) is 1. The minimum Gasteiger partial charge on any atom is -0.481 e. The average Bonchev–Trinajstić information content (AvgIpc) is 3.11.